The van der Waals surface area contributed by atoms with E-state index in [9.17, 15) is 0 Å². The van der Waals surface area contributed by atoms with Gasteiger partial charge in [-0.3, -0.25) is 0 Å². The van der Waals surface area contributed by atoms with Gasteiger partial charge in [-0.2, -0.15) is 0 Å². The van der Waals surface area contributed by atoms with E-state index < -0.39 is 0 Å². The van der Waals surface area contributed by atoms with Crippen molar-refractivity contribution in [2.24, 2.45) is 0 Å². The second-order valence-electron chi connectivity index (χ2n) is 3.00. The van der Waals surface area contributed by atoms with E-state index >= 15 is 0 Å². The summed E-state index contributed by atoms with van der Waals surface area (Å²) in [6.45, 7) is 7.62. The molecule has 1 rings (SSSR count). The average Bonchev–Trinajstić information content (AvgIpc) is 2.42. The largest absolute Gasteiger partial charge is 0.361 e. The van der Waals surface area contributed by atoms with Crippen molar-refractivity contribution in [3.05, 3.63) is 29.2 Å². The van der Waals surface area contributed by atoms with E-state index in [4.69, 9.17) is 4.52 Å². The third kappa shape index (κ3) is 2.70. The van der Waals surface area contributed by atoms with Gasteiger partial charge >= 0.3 is 0 Å². The molecular weight excluding hydrogens is 164 g/mol. The molecular formula is C10H16N2O. The van der Waals surface area contributed by atoms with Crippen molar-refractivity contribution in [1.82, 2.24) is 10.5 Å². The molecule has 0 saturated carbocycles. The van der Waals surface area contributed by atoms with Crippen LogP contribution in [0.3, 0.4) is 0 Å². The second kappa shape index (κ2) is 4.82. The molecule has 0 aromatic carbocycles. The first-order valence-corrected chi connectivity index (χ1v) is 4.49. The number of hydrogen-bond donors (Lipinski definition) is 1. The lowest BCUT2D eigenvalue weighted by molar-refractivity contribution is 0.392. The lowest BCUT2D eigenvalue weighted by atomic mass is 10.2. The summed E-state index contributed by atoms with van der Waals surface area (Å²) < 4.78 is 5.04. The Bertz CT molecular complexity index is 270. The highest BCUT2D eigenvalue weighted by atomic mass is 16.5. The van der Waals surface area contributed by atoms with Crippen LogP contribution in [0.1, 0.15) is 23.9 Å². The molecule has 1 heterocycles. The molecule has 0 bridgehead atoms. The minimum Gasteiger partial charge on any atom is -0.361 e. The molecule has 13 heavy (non-hydrogen) atoms. The van der Waals surface area contributed by atoms with Gasteiger partial charge in [0.1, 0.15) is 5.76 Å². The van der Waals surface area contributed by atoms with Gasteiger partial charge in [-0.15, -0.1) is 0 Å². The maximum atomic E-state index is 5.04. The lowest BCUT2D eigenvalue weighted by Crippen LogP contribution is -2.13. The lowest BCUT2D eigenvalue weighted by Gasteiger charge is -1.99. The van der Waals surface area contributed by atoms with Crippen molar-refractivity contribution in [1.29, 1.82) is 0 Å². The van der Waals surface area contributed by atoms with Crippen LogP contribution in [0.4, 0.5) is 0 Å². The summed E-state index contributed by atoms with van der Waals surface area (Å²) in [6.07, 6.45) is 4.11. The molecule has 3 heteroatoms. The standard InChI is InChI=1S/C10H16N2O/c1-4-5-6-11-7-10-8(2)12-13-9(10)3/h4-5,11H,6-7H2,1-3H3/b5-4+. The number of aryl methyl sites for hydroxylation is 2. The van der Waals surface area contributed by atoms with E-state index in [2.05, 4.69) is 16.5 Å². The first-order valence-electron chi connectivity index (χ1n) is 4.49. The molecule has 0 aliphatic rings. The molecule has 72 valence electrons. The molecule has 0 saturated heterocycles. The number of aromatic nitrogens is 1. The fraction of sp³-hybridized carbons (Fsp3) is 0.500. The topological polar surface area (TPSA) is 38.1 Å². The minimum absolute atomic E-state index is 0.825. The van der Waals surface area contributed by atoms with Crippen molar-refractivity contribution < 1.29 is 4.52 Å². The number of allylic oxidation sites excluding steroid dienone is 1. The maximum Gasteiger partial charge on any atom is 0.138 e. The number of nitrogens with zero attached hydrogens (tertiary/aromatic N) is 1. The molecule has 1 aromatic rings. The summed E-state index contributed by atoms with van der Waals surface area (Å²) in [5.41, 5.74) is 2.15. The monoisotopic (exact) mass is 180 g/mol. The third-order valence-electron chi connectivity index (χ3n) is 1.98. The highest BCUT2D eigenvalue weighted by Crippen LogP contribution is 2.10. The highest BCUT2D eigenvalue weighted by molar-refractivity contribution is 5.20. The Morgan fingerprint density at radius 1 is 1.46 bits per heavy atom. The van der Waals surface area contributed by atoms with Crippen molar-refractivity contribution in [3.63, 3.8) is 0 Å². The Morgan fingerprint density at radius 2 is 2.23 bits per heavy atom. The second-order valence-corrected chi connectivity index (χ2v) is 3.00. The van der Waals surface area contributed by atoms with Gasteiger partial charge in [-0.05, 0) is 20.8 Å². The van der Waals surface area contributed by atoms with Crippen molar-refractivity contribution in [2.75, 3.05) is 6.54 Å². The first-order chi connectivity index (χ1) is 6.25. The molecule has 0 spiro atoms. The Balaban J connectivity index is 2.44. The van der Waals surface area contributed by atoms with Crippen LogP contribution in [0.25, 0.3) is 0 Å². The molecule has 0 fully saturated rings. The molecule has 1 aromatic heterocycles. The van der Waals surface area contributed by atoms with Gasteiger partial charge in [0.05, 0.1) is 5.69 Å². The van der Waals surface area contributed by atoms with Crippen LogP contribution in [-0.2, 0) is 6.54 Å². The van der Waals surface area contributed by atoms with Gasteiger partial charge in [-0.1, -0.05) is 17.3 Å². The Kier molecular flexibility index (Phi) is 3.71. The minimum atomic E-state index is 0.825. The van der Waals surface area contributed by atoms with Gasteiger partial charge in [0.2, 0.25) is 0 Å². The van der Waals surface area contributed by atoms with Gasteiger partial charge in [-0.25, -0.2) is 0 Å². The molecule has 0 unspecified atom stereocenters. The summed E-state index contributed by atoms with van der Waals surface area (Å²) in [4.78, 5) is 0. The molecule has 0 aliphatic heterocycles. The van der Waals surface area contributed by atoms with Crippen LogP contribution in [0.2, 0.25) is 0 Å². The Hall–Kier alpha value is -1.09. The zero-order valence-electron chi connectivity index (χ0n) is 8.42. The summed E-state index contributed by atoms with van der Waals surface area (Å²) in [5, 5.41) is 7.17. The number of hydrogen-bond acceptors (Lipinski definition) is 3. The number of rotatable bonds is 4. The zero-order valence-corrected chi connectivity index (χ0v) is 8.42. The summed E-state index contributed by atoms with van der Waals surface area (Å²) in [7, 11) is 0. The van der Waals surface area contributed by atoms with E-state index in [1.165, 1.54) is 5.56 Å². The first kappa shape index (κ1) is 9.99. The van der Waals surface area contributed by atoms with Crippen molar-refractivity contribution in [3.8, 4) is 0 Å². The van der Waals surface area contributed by atoms with Gasteiger partial charge in [0.15, 0.2) is 0 Å². The molecule has 0 radical (unpaired) electrons. The Morgan fingerprint density at radius 3 is 2.77 bits per heavy atom. The highest BCUT2D eigenvalue weighted by Gasteiger charge is 2.06. The van der Waals surface area contributed by atoms with Gasteiger partial charge in [0, 0.05) is 18.7 Å². The molecule has 0 amide bonds. The van der Waals surface area contributed by atoms with Crippen LogP contribution >= 0.6 is 0 Å². The normalized spacial score (nSPS) is 11.3. The maximum absolute atomic E-state index is 5.04. The quantitative estimate of drug-likeness (QED) is 0.568. The van der Waals surface area contributed by atoms with Crippen molar-refractivity contribution in [2.45, 2.75) is 27.3 Å². The fourth-order valence-corrected chi connectivity index (χ4v) is 1.15. The summed E-state index contributed by atoms with van der Waals surface area (Å²) >= 11 is 0. The molecule has 0 aliphatic carbocycles. The predicted octanol–water partition coefficient (Wildman–Crippen LogP) is 1.96. The van der Waals surface area contributed by atoms with Crippen molar-refractivity contribution >= 4 is 0 Å². The molecule has 1 N–H and O–H groups in total. The van der Waals surface area contributed by atoms with E-state index in [0.717, 1.165) is 24.5 Å². The van der Waals surface area contributed by atoms with Crippen LogP contribution < -0.4 is 5.32 Å². The van der Waals surface area contributed by atoms with E-state index in [1.807, 2.05) is 26.8 Å². The van der Waals surface area contributed by atoms with Crippen LogP contribution in [-0.4, -0.2) is 11.7 Å². The average molecular weight is 180 g/mol. The molecule has 3 nitrogen and oxygen atoms in total. The third-order valence-corrected chi connectivity index (χ3v) is 1.98. The fourth-order valence-electron chi connectivity index (χ4n) is 1.15. The molecule has 0 atom stereocenters. The van der Waals surface area contributed by atoms with Gasteiger partial charge in [0.25, 0.3) is 0 Å². The van der Waals surface area contributed by atoms with Crippen LogP contribution in [0, 0.1) is 13.8 Å². The van der Waals surface area contributed by atoms with E-state index in [-0.39, 0.29) is 0 Å². The summed E-state index contributed by atoms with van der Waals surface area (Å²) in [5.74, 6) is 0.908. The Labute approximate surface area is 78.8 Å². The van der Waals surface area contributed by atoms with Crippen LogP contribution in [0.5, 0.6) is 0 Å². The smallest absolute Gasteiger partial charge is 0.138 e. The summed E-state index contributed by atoms with van der Waals surface area (Å²) in [6, 6.07) is 0. The van der Waals surface area contributed by atoms with E-state index in [0.29, 0.717) is 0 Å². The SMILES string of the molecule is C/C=C/CNCc1c(C)noc1C. The zero-order chi connectivity index (χ0) is 9.68. The van der Waals surface area contributed by atoms with E-state index in [1.54, 1.807) is 0 Å². The predicted molar refractivity (Wildman–Crippen MR) is 52.5 cm³/mol. The van der Waals surface area contributed by atoms with Gasteiger partial charge < -0.3 is 9.84 Å². The van der Waals surface area contributed by atoms with Crippen LogP contribution in [0.15, 0.2) is 16.7 Å². The number of nitrogens with one attached hydrogen (secondary N) is 1.